The molecule has 0 bridgehead atoms. The lowest BCUT2D eigenvalue weighted by Crippen LogP contribution is -2.36. The molecule has 0 spiro atoms. The Bertz CT molecular complexity index is 781. The molecule has 3 heterocycles. The Morgan fingerprint density at radius 3 is 2.78 bits per heavy atom. The van der Waals surface area contributed by atoms with E-state index in [1.165, 1.54) is 11.3 Å². The van der Waals surface area contributed by atoms with Crippen molar-refractivity contribution in [2.45, 2.75) is 51.0 Å². The van der Waals surface area contributed by atoms with Gasteiger partial charge in [0.05, 0.1) is 5.69 Å². The maximum Gasteiger partial charge on any atom is 0.411 e. The maximum atomic E-state index is 12.0. The van der Waals surface area contributed by atoms with Crippen molar-refractivity contribution in [3.8, 4) is 5.88 Å². The highest BCUT2D eigenvalue weighted by atomic mass is 16.5. The average molecular weight is 374 g/mol. The molecule has 2 aromatic heterocycles. The fourth-order valence-corrected chi connectivity index (χ4v) is 3.95. The number of ether oxygens (including phenoxy) is 2. The lowest BCUT2D eigenvalue weighted by atomic mass is 9.98. The summed E-state index contributed by atoms with van der Waals surface area (Å²) in [7, 11) is 0. The summed E-state index contributed by atoms with van der Waals surface area (Å²) in [5, 5.41) is 14.3. The standard InChI is InChI=1S/C19H26N4O4/c24-19(25)22(13-14-6-10-26-11-7-14)16-12-17(21-23-9-8-20-18(16)23)27-15-4-2-1-3-5-15/h8-9,12,14-15H,1-7,10-11,13H2,(H,24,25). The van der Waals surface area contributed by atoms with Gasteiger partial charge in [-0.1, -0.05) is 6.42 Å². The summed E-state index contributed by atoms with van der Waals surface area (Å²) in [5.74, 6) is 0.737. The zero-order chi connectivity index (χ0) is 18.6. The monoisotopic (exact) mass is 374 g/mol. The number of anilines is 1. The van der Waals surface area contributed by atoms with Crippen LogP contribution in [0.4, 0.5) is 10.5 Å². The molecule has 1 saturated heterocycles. The zero-order valence-corrected chi connectivity index (χ0v) is 15.4. The van der Waals surface area contributed by atoms with E-state index >= 15 is 0 Å². The molecule has 8 nitrogen and oxygen atoms in total. The largest absolute Gasteiger partial charge is 0.473 e. The van der Waals surface area contributed by atoms with Gasteiger partial charge < -0.3 is 14.6 Å². The third kappa shape index (κ3) is 4.16. The number of carboxylic acid groups (broad SMARTS) is 1. The summed E-state index contributed by atoms with van der Waals surface area (Å²) in [6.07, 6.45) is 9.85. The number of rotatable bonds is 5. The molecule has 1 aliphatic carbocycles. The molecule has 1 aliphatic heterocycles. The van der Waals surface area contributed by atoms with Crippen LogP contribution in [0, 0.1) is 5.92 Å². The Labute approximate surface area is 158 Å². The highest BCUT2D eigenvalue weighted by Crippen LogP contribution is 2.29. The maximum absolute atomic E-state index is 12.0. The molecule has 1 N–H and O–H groups in total. The van der Waals surface area contributed by atoms with E-state index in [2.05, 4.69) is 10.1 Å². The van der Waals surface area contributed by atoms with E-state index in [-0.39, 0.29) is 12.0 Å². The summed E-state index contributed by atoms with van der Waals surface area (Å²) >= 11 is 0. The summed E-state index contributed by atoms with van der Waals surface area (Å²) < 4.78 is 13.1. The smallest absolute Gasteiger partial charge is 0.411 e. The number of carbonyl (C=O) groups is 1. The Balaban J connectivity index is 1.62. The first-order valence-corrected chi connectivity index (χ1v) is 9.80. The molecule has 0 atom stereocenters. The third-order valence-electron chi connectivity index (χ3n) is 5.46. The van der Waals surface area contributed by atoms with Gasteiger partial charge in [-0.15, -0.1) is 5.10 Å². The molecule has 27 heavy (non-hydrogen) atoms. The van der Waals surface area contributed by atoms with Crippen molar-refractivity contribution >= 4 is 17.4 Å². The van der Waals surface area contributed by atoms with Crippen LogP contribution in [0.1, 0.15) is 44.9 Å². The van der Waals surface area contributed by atoms with E-state index in [4.69, 9.17) is 9.47 Å². The molecule has 2 aromatic rings. The highest BCUT2D eigenvalue weighted by molar-refractivity contribution is 5.91. The molecule has 0 radical (unpaired) electrons. The molecule has 146 valence electrons. The summed E-state index contributed by atoms with van der Waals surface area (Å²) in [6, 6.07) is 1.73. The second-order valence-corrected chi connectivity index (χ2v) is 7.39. The highest BCUT2D eigenvalue weighted by Gasteiger charge is 2.26. The van der Waals surface area contributed by atoms with Crippen LogP contribution >= 0.6 is 0 Å². The minimum absolute atomic E-state index is 0.147. The lowest BCUT2D eigenvalue weighted by Gasteiger charge is -2.28. The number of nitrogens with zero attached hydrogens (tertiary/aromatic N) is 4. The minimum Gasteiger partial charge on any atom is -0.473 e. The molecular weight excluding hydrogens is 348 g/mol. The van der Waals surface area contributed by atoms with Crippen LogP contribution in [0.5, 0.6) is 5.88 Å². The van der Waals surface area contributed by atoms with Gasteiger partial charge >= 0.3 is 6.09 Å². The van der Waals surface area contributed by atoms with Gasteiger partial charge in [0, 0.05) is 38.2 Å². The molecule has 2 aliphatic rings. The first-order chi connectivity index (χ1) is 13.2. The quantitative estimate of drug-likeness (QED) is 0.863. The number of amides is 1. The van der Waals surface area contributed by atoms with Gasteiger partial charge in [0.1, 0.15) is 6.10 Å². The van der Waals surface area contributed by atoms with E-state index in [1.807, 2.05) is 0 Å². The minimum atomic E-state index is -0.985. The predicted octanol–water partition coefficient (Wildman–Crippen LogP) is 3.35. The normalized spacial score (nSPS) is 19.3. The zero-order valence-electron chi connectivity index (χ0n) is 15.4. The van der Waals surface area contributed by atoms with Crippen molar-refractivity contribution in [2.24, 2.45) is 5.92 Å². The van der Waals surface area contributed by atoms with Crippen LogP contribution in [-0.4, -0.2) is 51.7 Å². The average Bonchev–Trinajstić information content (AvgIpc) is 3.16. The van der Waals surface area contributed by atoms with Crippen LogP contribution < -0.4 is 9.64 Å². The molecule has 0 unspecified atom stereocenters. The van der Waals surface area contributed by atoms with Crippen molar-refractivity contribution in [3.63, 3.8) is 0 Å². The van der Waals surface area contributed by atoms with Gasteiger partial charge in [0.25, 0.3) is 0 Å². The topological polar surface area (TPSA) is 89.2 Å². The number of imidazole rings is 1. The molecule has 2 fully saturated rings. The Kier molecular flexibility index (Phi) is 5.42. The SMILES string of the molecule is O=C(O)N(CC1CCOCC1)c1cc(OC2CCCCC2)nn2ccnc12. The van der Waals surface area contributed by atoms with Gasteiger partial charge in [-0.25, -0.2) is 14.3 Å². The van der Waals surface area contributed by atoms with E-state index in [9.17, 15) is 9.90 Å². The van der Waals surface area contributed by atoms with Crippen LogP contribution in [0.15, 0.2) is 18.5 Å². The molecule has 4 rings (SSSR count). The number of aromatic nitrogens is 3. The van der Waals surface area contributed by atoms with Crippen LogP contribution in [0.25, 0.3) is 5.65 Å². The van der Waals surface area contributed by atoms with E-state index < -0.39 is 6.09 Å². The van der Waals surface area contributed by atoms with E-state index in [0.717, 1.165) is 38.5 Å². The molecule has 1 saturated carbocycles. The van der Waals surface area contributed by atoms with Crippen molar-refractivity contribution in [1.29, 1.82) is 0 Å². The second kappa shape index (κ2) is 8.12. The number of hydrogen-bond donors (Lipinski definition) is 1. The van der Waals surface area contributed by atoms with E-state index in [1.54, 1.807) is 23.0 Å². The molecular formula is C19H26N4O4. The summed E-state index contributed by atoms with van der Waals surface area (Å²) in [4.78, 5) is 17.7. The van der Waals surface area contributed by atoms with Crippen molar-refractivity contribution in [2.75, 3.05) is 24.7 Å². The van der Waals surface area contributed by atoms with E-state index in [0.29, 0.717) is 37.0 Å². The fourth-order valence-electron chi connectivity index (χ4n) is 3.95. The molecule has 8 heteroatoms. The summed E-state index contributed by atoms with van der Waals surface area (Å²) in [5.41, 5.74) is 1.06. The van der Waals surface area contributed by atoms with Crippen molar-refractivity contribution < 1.29 is 19.4 Å². The van der Waals surface area contributed by atoms with Gasteiger partial charge in [0.15, 0.2) is 5.65 Å². The predicted molar refractivity (Wildman–Crippen MR) is 99.4 cm³/mol. The van der Waals surface area contributed by atoms with Crippen LogP contribution in [0.3, 0.4) is 0 Å². The molecule has 1 amide bonds. The van der Waals surface area contributed by atoms with Gasteiger partial charge in [-0.3, -0.25) is 4.90 Å². The van der Waals surface area contributed by atoms with Crippen molar-refractivity contribution in [1.82, 2.24) is 14.6 Å². The van der Waals surface area contributed by atoms with Gasteiger partial charge in [0.2, 0.25) is 5.88 Å². The third-order valence-corrected chi connectivity index (χ3v) is 5.46. The lowest BCUT2D eigenvalue weighted by molar-refractivity contribution is 0.0680. The number of fused-ring (bicyclic) bond motifs is 1. The Hall–Kier alpha value is -2.35. The second-order valence-electron chi connectivity index (χ2n) is 7.39. The molecule has 0 aromatic carbocycles. The Morgan fingerprint density at radius 1 is 1.26 bits per heavy atom. The van der Waals surface area contributed by atoms with Crippen LogP contribution in [-0.2, 0) is 4.74 Å². The first kappa shape index (κ1) is 18.0. The summed E-state index contributed by atoms with van der Waals surface area (Å²) in [6.45, 7) is 1.79. The number of hydrogen-bond acceptors (Lipinski definition) is 5. The van der Waals surface area contributed by atoms with Crippen LogP contribution in [0.2, 0.25) is 0 Å². The Morgan fingerprint density at radius 2 is 2.04 bits per heavy atom. The van der Waals surface area contributed by atoms with Gasteiger partial charge in [-0.05, 0) is 44.4 Å². The van der Waals surface area contributed by atoms with Crippen molar-refractivity contribution in [3.05, 3.63) is 18.5 Å². The van der Waals surface area contributed by atoms with Gasteiger partial charge in [-0.2, -0.15) is 0 Å². The first-order valence-electron chi connectivity index (χ1n) is 9.80. The fraction of sp³-hybridized carbons (Fsp3) is 0.632.